The highest BCUT2D eigenvalue weighted by atomic mass is 32.2. The zero-order valence-corrected chi connectivity index (χ0v) is 12.7. The molecule has 0 aromatic rings. The summed E-state index contributed by atoms with van der Waals surface area (Å²) in [6.07, 6.45) is 4.73. The van der Waals surface area contributed by atoms with Gasteiger partial charge >= 0.3 is 12.0 Å². The highest BCUT2D eigenvalue weighted by Gasteiger charge is 2.33. The van der Waals surface area contributed by atoms with Crippen molar-refractivity contribution in [3.05, 3.63) is 0 Å². The maximum absolute atomic E-state index is 12.2. The second-order valence-corrected chi connectivity index (χ2v) is 6.39. The Kier molecular flexibility index (Phi) is 5.54. The number of nitrogens with zero attached hydrogens (tertiary/aromatic N) is 2. The van der Waals surface area contributed by atoms with Gasteiger partial charge in [0.15, 0.2) is 0 Å². The fraction of sp³-hybridized carbons (Fsp3) is 0.846. The molecule has 114 valence electrons. The summed E-state index contributed by atoms with van der Waals surface area (Å²) in [6, 6.07) is -0.550. The number of nitrogens with one attached hydrogen (secondary N) is 1. The molecule has 20 heavy (non-hydrogen) atoms. The lowest BCUT2D eigenvalue weighted by molar-refractivity contribution is -0.139. The largest absolute Gasteiger partial charge is 0.480 e. The molecule has 0 bridgehead atoms. The van der Waals surface area contributed by atoms with E-state index in [0.717, 1.165) is 31.8 Å². The summed E-state index contributed by atoms with van der Waals surface area (Å²) in [5, 5.41) is 11.8. The third kappa shape index (κ3) is 3.79. The number of hydrogen-bond donors (Lipinski definition) is 2. The molecule has 2 fully saturated rings. The van der Waals surface area contributed by atoms with Crippen LogP contribution in [0, 0.1) is 0 Å². The van der Waals surface area contributed by atoms with Crippen LogP contribution in [0.25, 0.3) is 0 Å². The normalized spacial score (nSPS) is 24.2. The van der Waals surface area contributed by atoms with E-state index in [4.69, 9.17) is 5.11 Å². The van der Waals surface area contributed by atoms with Gasteiger partial charge in [0.2, 0.25) is 0 Å². The Morgan fingerprint density at radius 3 is 2.90 bits per heavy atom. The van der Waals surface area contributed by atoms with Crippen molar-refractivity contribution in [3.63, 3.8) is 0 Å². The summed E-state index contributed by atoms with van der Waals surface area (Å²) >= 11 is 1.59. The molecule has 2 N–H and O–H groups in total. The summed E-state index contributed by atoms with van der Waals surface area (Å²) in [6.45, 7) is 3.45. The van der Waals surface area contributed by atoms with Gasteiger partial charge < -0.3 is 15.3 Å². The SMILES string of the molecule is CSCC[C@@H](NC(=O)N1CCN2CCCC2C1)C(=O)O. The van der Waals surface area contributed by atoms with Gasteiger partial charge in [0.25, 0.3) is 0 Å². The number of carboxylic acids is 1. The lowest BCUT2D eigenvalue weighted by atomic mass is 10.1. The zero-order chi connectivity index (χ0) is 14.5. The minimum atomic E-state index is -0.952. The van der Waals surface area contributed by atoms with Gasteiger partial charge in [-0.1, -0.05) is 0 Å². The Balaban J connectivity index is 1.85. The number of urea groups is 1. The fourth-order valence-corrected chi connectivity index (χ4v) is 3.38. The monoisotopic (exact) mass is 301 g/mol. The van der Waals surface area contributed by atoms with Crippen LogP contribution in [0.1, 0.15) is 19.3 Å². The van der Waals surface area contributed by atoms with E-state index in [9.17, 15) is 9.59 Å². The van der Waals surface area contributed by atoms with Crippen molar-refractivity contribution in [2.45, 2.75) is 31.3 Å². The van der Waals surface area contributed by atoms with Crippen LogP contribution >= 0.6 is 11.8 Å². The van der Waals surface area contributed by atoms with Crippen LogP contribution < -0.4 is 5.32 Å². The molecule has 2 saturated heterocycles. The molecule has 2 aliphatic heterocycles. The molecule has 0 radical (unpaired) electrons. The number of piperazine rings is 1. The molecule has 1 unspecified atom stereocenters. The van der Waals surface area contributed by atoms with Gasteiger partial charge in [-0.05, 0) is 37.8 Å². The number of rotatable bonds is 5. The van der Waals surface area contributed by atoms with E-state index in [0.29, 0.717) is 19.0 Å². The number of carbonyl (C=O) groups is 2. The topological polar surface area (TPSA) is 72.9 Å². The summed E-state index contributed by atoms with van der Waals surface area (Å²) in [7, 11) is 0. The van der Waals surface area contributed by atoms with E-state index in [1.165, 1.54) is 6.42 Å². The average molecular weight is 301 g/mol. The van der Waals surface area contributed by atoms with Gasteiger partial charge in [-0.3, -0.25) is 4.90 Å². The summed E-state index contributed by atoms with van der Waals surface area (Å²) in [5.74, 6) is -0.222. The van der Waals surface area contributed by atoms with Crippen molar-refractivity contribution in [2.24, 2.45) is 0 Å². The molecular formula is C13H23N3O3S. The Hall–Kier alpha value is -0.950. The third-order valence-electron chi connectivity index (χ3n) is 4.08. The Labute approximate surface area is 123 Å². The molecule has 2 amide bonds. The minimum absolute atomic E-state index is 0.231. The lowest BCUT2D eigenvalue weighted by Gasteiger charge is -2.37. The van der Waals surface area contributed by atoms with Gasteiger partial charge in [0.1, 0.15) is 6.04 Å². The number of carbonyl (C=O) groups excluding carboxylic acids is 1. The zero-order valence-electron chi connectivity index (χ0n) is 11.9. The minimum Gasteiger partial charge on any atom is -0.480 e. The Bertz CT molecular complexity index is 367. The predicted molar refractivity (Wildman–Crippen MR) is 79.1 cm³/mol. The highest BCUT2D eigenvalue weighted by Crippen LogP contribution is 2.21. The standard InChI is InChI=1S/C13H23N3O3S/c1-20-8-4-11(12(17)18)14-13(19)16-7-6-15-5-2-3-10(15)9-16/h10-11H,2-9H2,1H3,(H,14,19)(H,17,18)/t10?,11-/m1/s1. The summed E-state index contributed by atoms with van der Waals surface area (Å²) in [5.41, 5.74) is 0. The molecule has 2 atom stereocenters. The Morgan fingerprint density at radius 2 is 2.20 bits per heavy atom. The van der Waals surface area contributed by atoms with E-state index in [1.54, 1.807) is 16.7 Å². The molecule has 2 rings (SSSR count). The number of fused-ring (bicyclic) bond motifs is 1. The first-order chi connectivity index (χ1) is 9.61. The molecule has 6 nitrogen and oxygen atoms in total. The molecule has 2 heterocycles. The maximum Gasteiger partial charge on any atom is 0.326 e. The van der Waals surface area contributed by atoms with Crippen LogP contribution in [-0.4, -0.2) is 77.2 Å². The van der Waals surface area contributed by atoms with Crippen LogP contribution in [0.5, 0.6) is 0 Å². The van der Waals surface area contributed by atoms with Crippen LogP contribution in [0.4, 0.5) is 4.79 Å². The van der Waals surface area contributed by atoms with Crippen LogP contribution in [0.3, 0.4) is 0 Å². The predicted octanol–water partition coefficient (Wildman–Crippen LogP) is 0.682. The number of hydrogen-bond acceptors (Lipinski definition) is 4. The molecular weight excluding hydrogens is 278 g/mol. The molecule has 0 saturated carbocycles. The third-order valence-corrected chi connectivity index (χ3v) is 4.72. The van der Waals surface area contributed by atoms with Crippen LogP contribution in [0.2, 0.25) is 0 Å². The first-order valence-corrected chi connectivity index (χ1v) is 8.52. The van der Waals surface area contributed by atoms with E-state index in [1.807, 2.05) is 6.26 Å². The van der Waals surface area contributed by atoms with E-state index in [2.05, 4.69) is 10.2 Å². The van der Waals surface area contributed by atoms with Crippen molar-refractivity contribution in [1.82, 2.24) is 15.1 Å². The van der Waals surface area contributed by atoms with E-state index < -0.39 is 12.0 Å². The van der Waals surface area contributed by atoms with Crippen molar-refractivity contribution in [3.8, 4) is 0 Å². The quantitative estimate of drug-likeness (QED) is 0.781. The second kappa shape index (κ2) is 7.17. The number of carboxylic acid groups (broad SMARTS) is 1. The van der Waals surface area contributed by atoms with E-state index in [-0.39, 0.29) is 6.03 Å². The smallest absolute Gasteiger partial charge is 0.326 e. The summed E-state index contributed by atoms with van der Waals surface area (Å²) < 4.78 is 0. The summed E-state index contributed by atoms with van der Waals surface area (Å²) in [4.78, 5) is 27.5. The molecule has 0 aliphatic carbocycles. The molecule has 7 heteroatoms. The molecule has 0 aromatic carbocycles. The van der Waals surface area contributed by atoms with E-state index >= 15 is 0 Å². The average Bonchev–Trinajstić information content (AvgIpc) is 2.90. The number of aliphatic carboxylic acids is 1. The molecule has 0 spiro atoms. The van der Waals surface area contributed by atoms with Gasteiger partial charge in [-0.25, -0.2) is 9.59 Å². The van der Waals surface area contributed by atoms with Crippen LogP contribution in [0.15, 0.2) is 0 Å². The molecule has 2 aliphatic rings. The van der Waals surface area contributed by atoms with Gasteiger partial charge in [-0.2, -0.15) is 11.8 Å². The van der Waals surface area contributed by atoms with Gasteiger partial charge in [0.05, 0.1) is 0 Å². The highest BCUT2D eigenvalue weighted by molar-refractivity contribution is 7.98. The van der Waals surface area contributed by atoms with Crippen molar-refractivity contribution in [2.75, 3.05) is 38.2 Å². The van der Waals surface area contributed by atoms with Gasteiger partial charge in [-0.15, -0.1) is 0 Å². The van der Waals surface area contributed by atoms with Crippen molar-refractivity contribution in [1.29, 1.82) is 0 Å². The van der Waals surface area contributed by atoms with Crippen molar-refractivity contribution >= 4 is 23.8 Å². The van der Waals surface area contributed by atoms with Crippen LogP contribution in [-0.2, 0) is 4.79 Å². The first kappa shape index (κ1) is 15.4. The first-order valence-electron chi connectivity index (χ1n) is 7.13. The lowest BCUT2D eigenvalue weighted by Crippen LogP contribution is -2.56. The number of amides is 2. The van der Waals surface area contributed by atoms with Crippen molar-refractivity contribution < 1.29 is 14.7 Å². The molecule has 0 aromatic heterocycles. The second-order valence-electron chi connectivity index (χ2n) is 5.40. The Morgan fingerprint density at radius 1 is 1.40 bits per heavy atom. The number of thioether (sulfide) groups is 1. The van der Waals surface area contributed by atoms with Gasteiger partial charge in [0, 0.05) is 25.7 Å². The fourth-order valence-electron chi connectivity index (χ4n) is 2.91. The maximum atomic E-state index is 12.2.